The Labute approximate surface area is 127 Å². The molecular weight excluding hydrogens is 264 g/mol. The van der Waals surface area contributed by atoms with Gasteiger partial charge in [0.25, 0.3) is 5.91 Å². The normalized spacial score (nSPS) is 22.5. The summed E-state index contributed by atoms with van der Waals surface area (Å²) in [5, 5.41) is 0. The standard InChI is InChI=1S/C17H26N2O2/c1-16(2,3)12-6-8-13(9-7-12)19-11-14(10-18)21-17(4,5)15(19)20/h6-9,14H,10-11,18H2,1-5H3. The third kappa shape index (κ3) is 3.27. The van der Waals surface area contributed by atoms with Crippen LogP contribution in [-0.4, -0.2) is 30.7 Å². The molecule has 1 aromatic carbocycles. The maximum absolute atomic E-state index is 12.6. The van der Waals surface area contributed by atoms with Gasteiger partial charge >= 0.3 is 0 Å². The first-order valence-corrected chi connectivity index (χ1v) is 7.45. The largest absolute Gasteiger partial charge is 0.359 e. The topological polar surface area (TPSA) is 55.6 Å². The van der Waals surface area contributed by atoms with Gasteiger partial charge in [-0.2, -0.15) is 0 Å². The summed E-state index contributed by atoms with van der Waals surface area (Å²) in [5.41, 5.74) is 7.16. The van der Waals surface area contributed by atoms with Gasteiger partial charge in [0.2, 0.25) is 0 Å². The molecule has 1 fully saturated rings. The van der Waals surface area contributed by atoms with Crippen LogP contribution in [0.15, 0.2) is 24.3 Å². The summed E-state index contributed by atoms with van der Waals surface area (Å²) in [6.07, 6.45) is -0.125. The number of hydrogen-bond acceptors (Lipinski definition) is 3. The molecule has 21 heavy (non-hydrogen) atoms. The number of benzene rings is 1. The number of hydrogen-bond donors (Lipinski definition) is 1. The number of anilines is 1. The van der Waals surface area contributed by atoms with Crippen LogP contribution >= 0.6 is 0 Å². The number of amides is 1. The van der Waals surface area contributed by atoms with Gasteiger partial charge in [0, 0.05) is 12.2 Å². The minimum atomic E-state index is -0.828. The summed E-state index contributed by atoms with van der Waals surface area (Å²) in [6.45, 7) is 11.0. The van der Waals surface area contributed by atoms with Crippen molar-refractivity contribution in [3.63, 3.8) is 0 Å². The average Bonchev–Trinajstić information content (AvgIpc) is 2.41. The van der Waals surface area contributed by atoms with Gasteiger partial charge in [-0.15, -0.1) is 0 Å². The Morgan fingerprint density at radius 2 is 1.86 bits per heavy atom. The van der Waals surface area contributed by atoms with Crippen molar-refractivity contribution in [2.24, 2.45) is 5.73 Å². The Morgan fingerprint density at radius 3 is 2.33 bits per heavy atom. The highest BCUT2D eigenvalue weighted by molar-refractivity contribution is 5.99. The third-order valence-corrected chi connectivity index (χ3v) is 3.92. The zero-order valence-electron chi connectivity index (χ0n) is 13.6. The number of carbonyl (C=O) groups excluding carboxylic acids is 1. The molecule has 1 heterocycles. The Bertz CT molecular complexity index is 515. The van der Waals surface area contributed by atoms with Gasteiger partial charge in [0.05, 0.1) is 12.6 Å². The van der Waals surface area contributed by atoms with E-state index in [2.05, 4.69) is 32.9 Å². The number of morpholine rings is 1. The summed E-state index contributed by atoms with van der Waals surface area (Å²) >= 11 is 0. The molecule has 1 aliphatic heterocycles. The molecule has 0 saturated carbocycles. The maximum atomic E-state index is 12.6. The van der Waals surface area contributed by atoms with Crippen LogP contribution in [0, 0.1) is 0 Å². The van der Waals surface area contributed by atoms with Crippen LogP contribution in [0.25, 0.3) is 0 Å². The molecule has 4 heteroatoms. The maximum Gasteiger partial charge on any atom is 0.258 e. The predicted molar refractivity (Wildman–Crippen MR) is 85.5 cm³/mol. The first-order valence-electron chi connectivity index (χ1n) is 7.45. The summed E-state index contributed by atoms with van der Waals surface area (Å²) in [4.78, 5) is 14.3. The molecule has 0 radical (unpaired) electrons. The molecule has 0 spiro atoms. The van der Waals surface area contributed by atoms with E-state index in [-0.39, 0.29) is 17.4 Å². The van der Waals surface area contributed by atoms with E-state index in [4.69, 9.17) is 10.5 Å². The molecule has 1 unspecified atom stereocenters. The van der Waals surface area contributed by atoms with Gasteiger partial charge < -0.3 is 15.4 Å². The quantitative estimate of drug-likeness (QED) is 0.910. The van der Waals surface area contributed by atoms with Crippen molar-refractivity contribution in [3.8, 4) is 0 Å². The van der Waals surface area contributed by atoms with E-state index in [0.717, 1.165) is 5.69 Å². The fraction of sp³-hybridized carbons (Fsp3) is 0.588. The lowest BCUT2D eigenvalue weighted by molar-refractivity contribution is -0.153. The van der Waals surface area contributed by atoms with Gasteiger partial charge in [0.1, 0.15) is 5.60 Å². The molecular formula is C17H26N2O2. The van der Waals surface area contributed by atoms with E-state index < -0.39 is 5.60 Å². The van der Waals surface area contributed by atoms with Crippen molar-refractivity contribution >= 4 is 11.6 Å². The number of nitrogens with two attached hydrogens (primary N) is 1. The van der Waals surface area contributed by atoms with E-state index >= 15 is 0 Å². The molecule has 0 bridgehead atoms. The van der Waals surface area contributed by atoms with E-state index in [9.17, 15) is 4.79 Å². The number of carbonyl (C=O) groups is 1. The van der Waals surface area contributed by atoms with Gasteiger partial charge in [0.15, 0.2) is 0 Å². The number of nitrogens with zero attached hydrogens (tertiary/aromatic N) is 1. The van der Waals surface area contributed by atoms with Crippen molar-refractivity contribution in [1.29, 1.82) is 0 Å². The molecule has 0 aliphatic carbocycles. The Morgan fingerprint density at radius 1 is 1.29 bits per heavy atom. The van der Waals surface area contributed by atoms with E-state index in [1.807, 2.05) is 12.1 Å². The van der Waals surface area contributed by atoms with Gasteiger partial charge in [-0.3, -0.25) is 4.79 Å². The van der Waals surface area contributed by atoms with Crippen molar-refractivity contribution in [1.82, 2.24) is 0 Å². The van der Waals surface area contributed by atoms with Crippen molar-refractivity contribution in [3.05, 3.63) is 29.8 Å². The van der Waals surface area contributed by atoms with Crippen LogP contribution in [0.2, 0.25) is 0 Å². The lowest BCUT2D eigenvalue weighted by atomic mass is 9.87. The van der Waals surface area contributed by atoms with Gasteiger partial charge in [-0.25, -0.2) is 0 Å². The molecule has 1 saturated heterocycles. The minimum Gasteiger partial charge on any atom is -0.359 e. The smallest absolute Gasteiger partial charge is 0.258 e. The molecule has 2 N–H and O–H groups in total. The molecule has 1 aromatic rings. The van der Waals surface area contributed by atoms with Crippen LogP contribution in [0.5, 0.6) is 0 Å². The van der Waals surface area contributed by atoms with E-state index in [1.54, 1.807) is 18.7 Å². The first kappa shape index (κ1) is 16.0. The van der Waals surface area contributed by atoms with Crippen molar-refractivity contribution in [2.45, 2.75) is 51.7 Å². The molecule has 2 rings (SSSR count). The Kier molecular flexibility index (Phi) is 4.13. The van der Waals surface area contributed by atoms with E-state index in [0.29, 0.717) is 13.1 Å². The van der Waals surface area contributed by atoms with Crippen LogP contribution in [0.3, 0.4) is 0 Å². The van der Waals surface area contributed by atoms with Crippen LogP contribution in [0.1, 0.15) is 40.2 Å². The summed E-state index contributed by atoms with van der Waals surface area (Å²) < 4.78 is 5.75. The highest BCUT2D eigenvalue weighted by atomic mass is 16.5. The first-order chi connectivity index (χ1) is 9.65. The monoisotopic (exact) mass is 290 g/mol. The second-order valence-corrected chi connectivity index (χ2v) is 7.20. The summed E-state index contributed by atoms with van der Waals surface area (Å²) in [5.74, 6) is -0.0179. The van der Waals surface area contributed by atoms with Crippen LogP contribution in [0.4, 0.5) is 5.69 Å². The molecule has 0 aromatic heterocycles. The fourth-order valence-electron chi connectivity index (χ4n) is 2.60. The lowest BCUT2D eigenvalue weighted by Gasteiger charge is -2.41. The van der Waals surface area contributed by atoms with Gasteiger partial charge in [-0.1, -0.05) is 32.9 Å². The van der Waals surface area contributed by atoms with Crippen molar-refractivity contribution < 1.29 is 9.53 Å². The molecule has 1 amide bonds. The Balaban J connectivity index is 2.29. The van der Waals surface area contributed by atoms with Gasteiger partial charge in [-0.05, 0) is 37.0 Å². The van der Waals surface area contributed by atoms with Crippen LogP contribution < -0.4 is 10.6 Å². The number of ether oxygens (including phenoxy) is 1. The van der Waals surface area contributed by atoms with E-state index in [1.165, 1.54) is 5.56 Å². The fourth-order valence-corrected chi connectivity index (χ4v) is 2.60. The second-order valence-electron chi connectivity index (χ2n) is 7.20. The molecule has 116 valence electrons. The third-order valence-electron chi connectivity index (χ3n) is 3.92. The lowest BCUT2D eigenvalue weighted by Crippen LogP contribution is -2.59. The summed E-state index contributed by atoms with van der Waals surface area (Å²) in [7, 11) is 0. The molecule has 4 nitrogen and oxygen atoms in total. The molecule has 1 atom stereocenters. The number of rotatable bonds is 2. The second kappa shape index (κ2) is 5.43. The highest BCUT2D eigenvalue weighted by Gasteiger charge is 2.41. The zero-order chi connectivity index (χ0) is 15.8. The molecule has 1 aliphatic rings. The predicted octanol–water partition coefficient (Wildman–Crippen LogP) is 2.45. The van der Waals surface area contributed by atoms with Crippen LogP contribution in [-0.2, 0) is 14.9 Å². The average molecular weight is 290 g/mol. The Hall–Kier alpha value is -1.39. The van der Waals surface area contributed by atoms with Crippen molar-refractivity contribution in [2.75, 3.05) is 18.0 Å². The summed E-state index contributed by atoms with van der Waals surface area (Å²) in [6, 6.07) is 8.19. The SMILES string of the molecule is CC1(C)OC(CN)CN(c2ccc(C(C)(C)C)cc2)C1=O. The minimum absolute atomic E-state index is 0.0179. The highest BCUT2D eigenvalue weighted by Crippen LogP contribution is 2.29. The zero-order valence-corrected chi connectivity index (χ0v) is 13.6.